The maximum atomic E-state index is 6.46. The average molecular weight is 694 g/mol. The van der Waals surface area contributed by atoms with Gasteiger partial charge < -0.3 is 9.32 Å². The number of hydrogen-bond donors (Lipinski definition) is 0. The molecule has 8 aromatic carbocycles. The van der Waals surface area contributed by atoms with Crippen molar-refractivity contribution >= 4 is 60.9 Å². The summed E-state index contributed by atoms with van der Waals surface area (Å²) in [6, 6.07) is 67.0. The molecule has 0 saturated heterocycles. The van der Waals surface area contributed by atoms with Gasteiger partial charge in [0.05, 0.1) is 0 Å². The molecular formula is C52H39NO. The van der Waals surface area contributed by atoms with Crippen molar-refractivity contribution in [3.63, 3.8) is 0 Å². The minimum Gasteiger partial charge on any atom is -0.455 e. The van der Waals surface area contributed by atoms with Gasteiger partial charge in [-0.05, 0) is 106 Å². The van der Waals surface area contributed by atoms with Crippen molar-refractivity contribution in [2.24, 2.45) is 0 Å². The van der Waals surface area contributed by atoms with Crippen LogP contribution < -0.4 is 4.90 Å². The Balaban J connectivity index is 1.11. The zero-order valence-electron chi connectivity index (χ0n) is 30.4. The lowest BCUT2D eigenvalue weighted by Gasteiger charge is -2.26. The summed E-state index contributed by atoms with van der Waals surface area (Å²) in [4.78, 5) is 2.34. The first kappa shape index (κ1) is 33.0. The monoisotopic (exact) mass is 693 g/mol. The molecule has 0 fully saturated rings. The first-order chi connectivity index (χ1) is 26.6. The van der Waals surface area contributed by atoms with E-state index < -0.39 is 0 Å². The van der Waals surface area contributed by atoms with Gasteiger partial charge in [0.1, 0.15) is 11.2 Å². The van der Waals surface area contributed by atoms with Gasteiger partial charge in [0, 0.05) is 33.4 Å². The molecule has 9 rings (SSSR count). The lowest BCUT2D eigenvalue weighted by molar-refractivity contribution is 0.670. The minimum absolute atomic E-state index is 0.902. The first-order valence-corrected chi connectivity index (χ1v) is 18.5. The van der Waals surface area contributed by atoms with E-state index in [1.54, 1.807) is 0 Å². The van der Waals surface area contributed by atoms with Crippen LogP contribution in [0.3, 0.4) is 0 Å². The standard InChI is InChI=1S/C52H39NO/c1-3-37(46-22-12-17-41-16-7-8-20-47(41)46)34-36(2)38-26-30-43(31-27-38)53(44-32-28-40(29-33-44)39-14-5-4-6-15-39)45-19-11-18-42(35-45)48-23-13-24-50-49-21-9-10-25-51(49)54-52(48)50/h3-35H,1-2H3/b36-34+,37-3+. The smallest absolute Gasteiger partial charge is 0.143 e. The molecule has 0 aliphatic heterocycles. The van der Waals surface area contributed by atoms with Gasteiger partial charge in [-0.2, -0.15) is 0 Å². The van der Waals surface area contributed by atoms with Crippen molar-refractivity contribution in [3.05, 3.63) is 211 Å². The Hall–Kier alpha value is -6.90. The molecule has 2 nitrogen and oxygen atoms in total. The van der Waals surface area contributed by atoms with Gasteiger partial charge in [0.2, 0.25) is 0 Å². The minimum atomic E-state index is 0.902. The summed E-state index contributed by atoms with van der Waals surface area (Å²) in [6.07, 6.45) is 4.51. The molecule has 0 amide bonds. The maximum absolute atomic E-state index is 6.46. The van der Waals surface area contributed by atoms with Gasteiger partial charge in [-0.15, -0.1) is 0 Å². The number of furan rings is 1. The normalized spacial score (nSPS) is 12.1. The molecule has 0 atom stereocenters. The quantitative estimate of drug-likeness (QED) is 0.147. The number of para-hydroxylation sites is 2. The fourth-order valence-electron chi connectivity index (χ4n) is 7.65. The number of fused-ring (bicyclic) bond motifs is 4. The molecule has 2 heteroatoms. The van der Waals surface area contributed by atoms with Gasteiger partial charge in [-0.1, -0.05) is 158 Å². The van der Waals surface area contributed by atoms with E-state index in [-0.39, 0.29) is 0 Å². The van der Waals surface area contributed by atoms with Crippen LogP contribution in [0, 0.1) is 0 Å². The summed E-state index contributed by atoms with van der Waals surface area (Å²) < 4.78 is 6.46. The number of rotatable bonds is 8. The Kier molecular flexibility index (Phi) is 8.70. The van der Waals surface area contributed by atoms with E-state index >= 15 is 0 Å². The molecule has 9 aromatic rings. The van der Waals surface area contributed by atoms with Gasteiger partial charge >= 0.3 is 0 Å². The van der Waals surface area contributed by atoms with Crippen LogP contribution in [-0.4, -0.2) is 0 Å². The number of nitrogens with zero attached hydrogens (tertiary/aromatic N) is 1. The zero-order chi connectivity index (χ0) is 36.4. The second-order valence-electron chi connectivity index (χ2n) is 13.7. The molecule has 0 unspecified atom stereocenters. The Labute approximate surface area is 316 Å². The first-order valence-electron chi connectivity index (χ1n) is 18.5. The highest BCUT2D eigenvalue weighted by Crippen LogP contribution is 2.41. The van der Waals surface area contributed by atoms with Crippen molar-refractivity contribution in [3.8, 4) is 22.3 Å². The summed E-state index contributed by atoms with van der Waals surface area (Å²) in [5.41, 5.74) is 14.5. The Morgan fingerprint density at radius 2 is 1.11 bits per heavy atom. The molecule has 0 radical (unpaired) electrons. The SMILES string of the molecule is C/C=C(\C=C(/C)c1ccc(N(c2ccc(-c3ccccc3)cc2)c2cccc(-c3cccc4c3oc3ccccc34)c2)cc1)c1cccc2ccccc12. The number of allylic oxidation sites excluding steroid dienone is 4. The molecule has 0 N–H and O–H groups in total. The van der Waals surface area contributed by atoms with Gasteiger partial charge in [-0.3, -0.25) is 0 Å². The number of hydrogen-bond acceptors (Lipinski definition) is 2. The third kappa shape index (κ3) is 6.18. The Bertz CT molecular complexity index is 2820. The highest BCUT2D eigenvalue weighted by atomic mass is 16.3. The van der Waals surface area contributed by atoms with Crippen LogP contribution in [0.1, 0.15) is 25.0 Å². The van der Waals surface area contributed by atoms with Crippen LogP contribution in [0.25, 0.3) is 66.1 Å². The lowest BCUT2D eigenvalue weighted by Crippen LogP contribution is -2.10. The highest BCUT2D eigenvalue weighted by molar-refractivity contribution is 6.09. The molecule has 0 bridgehead atoms. The van der Waals surface area contributed by atoms with Crippen molar-refractivity contribution in [1.82, 2.24) is 0 Å². The fourth-order valence-corrected chi connectivity index (χ4v) is 7.65. The van der Waals surface area contributed by atoms with E-state index in [0.717, 1.165) is 50.1 Å². The second kappa shape index (κ2) is 14.3. The van der Waals surface area contributed by atoms with Crippen LogP contribution in [-0.2, 0) is 0 Å². The predicted octanol–water partition coefficient (Wildman–Crippen LogP) is 15.0. The van der Waals surface area contributed by atoms with Crippen molar-refractivity contribution < 1.29 is 4.42 Å². The second-order valence-corrected chi connectivity index (χ2v) is 13.7. The highest BCUT2D eigenvalue weighted by Gasteiger charge is 2.17. The molecular weight excluding hydrogens is 655 g/mol. The summed E-state index contributed by atoms with van der Waals surface area (Å²) in [5.74, 6) is 0. The summed E-state index contributed by atoms with van der Waals surface area (Å²) in [7, 11) is 0. The fraction of sp³-hybridized carbons (Fsp3) is 0.0385. The van der Waals surface area contributed by atoms with Crippen molar-refractivity contribution in [2.75, 3.05) is 4.90 Å². The summed E-state index contributed by atoms with van der Waals surface area (Å²) in [5, 5.41) is 4.77. The van der Waals surface area contributed by atoms with E-state index in [1.807, 2.05) is 12.1 Å². The lowest BCUT2D eigenvalue weighted by atomic mass is 9.95. The van der Waals surface area contributed by atoms with E-state index in [1.165, 1.54) is 44.2 Å². The largest absolute Gasteiger partial charge is 0.455 e. The molecule has 0 aliphatic carbocycles. The van der Waals surface area contributed by atoms with E-state index in [9.17, 15) is 0 Å². The number of anilines is 3. The van der Waals surface area contributed by atoms with Crippen LogP contribution >= 0.6 is 0 Å². The molecule has 258 valence electrons. The maximum Gasteiger partial charge on any atom is 0.143 e. The third-order valence-corrected chi connectivity index (χ3v) is 10.4. The Morgan fingerprint density at radius 1 is 0.500 bits per heavy atom. The molecule has 0 spiro atoms. The van der Waals surface area contributed by atoms with Crippen molar-refractivity contribution in [1.29, 1.82) is 0 Å². The van der Waals surface area contributed by atoms with E-state index in [2.05, 4.69) is 207 Å². The molecule has 0 aliphatic rings. The molecule has 1 aromatic heterocycles. The zero-order valence-corrected chi connectivity index (χ0v) is 30.4. The number of benzene rings is 8. The Morgan fingerprint density at radius 3 is 1.91 bits per heavy atom. The molecule has 1 heterocycles. The van der Waals surface area contributed by atoms with Crippen LogP contribution in [0.15, 0.2) is 205 Å². The van der Waals surface area contributed by atoms with E-state index in [4.69, 9.17) is 4.42 Å². The third-order valence-electron chi connectivity index (χ3n) is 10.4. The van der Waals surface area contributed by atoms with Crippen molar-refractivity contribution in [2.45, 2.75) is 13.8 Å². The van der Waals surface area contributed by atoms with Gasteiger partial charge in [0.15, 0.2) is 0 Å². The van der Waals surface area contributed by atoms with Crippen LogP contribution in [0.5, 0.6) is 0 Å². The molecule has 0 saturated carbocycles. The summed E-state index contributed by atoms with van der Waals surface area (Å²) >= 11 is 0. The van der Waals surface area contributed by atoms with E-state index in [0.29, 0.717) is 0 Å². The topological polar surface area (TPSA) is 16.4 Å². The predicted molar refractivity (Wildman–Crippen MR) is 231 cm³/mol. The van der Waals surface area contributed by atoms with Gasteiger partial charge in [-0.25, -0.2) is 0 Å². The van der Waals surface area contributed by atoms with Gasteiger partial charge in [0.25, 0.3) is 0 Å². The molecule has 54 heavy (non-hydrogen) atoms. The van der Waals surface area contributed by atoms with Crippen LogP contribution in [0.2, 0.25) is 0 Å². The van der Waals surface area contributed by atoms with Crippen LogP contribution in [0.4, 0.5) is 17.1 Å². The average Bonchev–Trinajstić information content (AvgIpc) is 3.63. The summed E-state index contributed by atoms with van der Waals surface area (Å²) in [6.45, 7) is 4.32.